The molecule has 0 saturated heterocycles. The number of ether oxygens (including phenoxy) is 1. The highest BCUT2D eigenvalue weighted by Crippen LogP contribution is 2.21. The molecule has 1 unspecified atom stereocenters. The quantitative estimate of drug-likeness (QED) is 0.792. The maximum Gasteiger partial charge on any atom is 0.326 e. The molecule has 0 amide bonds. The number of nitrogens with one attached hydrogen (secondary N) is 1. The fraction of sp³-hybridized carbons (Fsp3) is 0.545. The van der Waals surface area contributed by atoms with E-state index in [1.54, 1.807) is 0 Å². The Morgan fingerprint density at radius 2 is 2.39 bits per heavy atom. The largest absolute Gasteiger partial charge is 0.480 e. The maximum atomic E-state index is 11.1. The molecule has 1 aromatic heterocycles. The van der Waals surface area contributed by atoms with Crippen LogP contribution in [0.3, 0.4) is 0 Å². The van der Waals surface area contributed by atoms with Crippen LogP contribution in [0.25, 0.3) is 0 Å². The number of carboxylic acids is 1. The summed E-state index contributed by atoms with van der Waals surface area (Å²) < 4.78 is 4.86. The average Bonchev–Trinajstić information content (AvgIpc) is 2.36. The van der Waals surface area contributed by atoms with Crippen molar-refractivity contribution in [3.05, 3.63) is 11.2 Å². The van der Waals surface area contributed by atoms with Gasteiger partial charge in [0.25, 0.3) is 0 Å². The Kier molecular flexibility index (Phi) is 5.64. The van der Waals surface area contributed by atoms with Crippen LogP contribution in [0.5, 0.6) is 6.01 Å². The van der Waals surface area contributed by atoms with Crippen LogP contribution < -0.4 is 10.1 Å². The normalized spacial score (nSPS) is 11.9. The van der Waals surface area contributed by atoms with E-state index in [4.69, 9.17) is 21.4 Å². The second kappa shape index (κ2) is 7.00. The highest BCUT2D eigenvalue weighted by Gasteiger charge is 2.18. The van der Waals surface area contributed by atoms with Gasteiger partial charge in [0, 0.05) is 0 Å². The second-order valence-corrected chi connectivity index (χ2v) is 4.14. The van der Waals surface area contributed by atoms with Crippen molar-refractivity contribution in [2.75, 3.05) is 12.4 Å². The summed E-state index contributed by atoms with van der Waals surface area (Å²) in [6.07, 6.45) is 3.61. The molecule has 1 aromatic rings. The third-order valence-electron chi connectivity index (χ3n) is 2.36. The number of carboxylic acid groups (broad SMARTS) is 1. The molecule has 1 rings (SSSR count). The lowest BCUT2D eigenvalue weighted by molar-refractivity contribution is -0.138. The minimum Gasteiger partial charge on any atom is -0.480 e. The standard InChI is InChI=1S/C11H16ClN3O3/c1-3-4-5-8(10(16)17)14-9-7(12)6-13-11(15-9)18-2/h6,8H,3-5H2,1-2H3,(H,16,17)(H,13,14,15). The topological polar surface area (TPSA) is 84.3 Å². The van der Waals surface area contributed by atoms with E-state index in [9.17, 15) is 4.79 Å². The molecule has 1 atom stereocenters. The maximum absolute atomic E-state index is 11.1. The SMILES string of the molecule is CCCCC(Nc1nc(OC)ncc1Cl)C(=O)O. The highest BCUT2D eigenvalue weighted by molar-refractivity contribution is 6.32. The number of aromatic nitrogens is 2. The van der Waals surface area contributed by atoms with Gasteiger partial charge in [0.15, 0.2) is 5.82 Å². The Labute approximate surface area is 110 Å². The van der Waals surface area contributed by atoms with Gasteiger partial charge in [-0.2, -0.15) is 4.98 Å². The number of carbonyl (C=O) groups is 1. The first kappa shape index (κ1) is 14.5. The van der Waals surface area contributed by atoms with Crippen molar-refractivity contribution < 1.29 is 14.6 Å². The van der Waals surface area contributed by atoms with Crippen LogP contribution in [0.1, 0.15) is 26.2 Å². The van der Waals surface area contributed by atoms with Gasteiger partial charge >= 0.3 is 12.0 Å². The minimum absolute atomic E-state index is 0.140. The summed E-state index contributed by atoms with van der Waals surface area (Å²) >= 11 is 5.90. The first-order valence-corrected chi connectivity index (χ1v) is 6.02. The number of nitrogens with zero attached hydrogens (tertiary/aromatic N) is 2. The lowest BCUT2D eigenvalue weighted by atomic mass is 10.1. The van der Waals surface area contributed by atoms with Crippen molar-refractivity contribution in [1.82, 2.24) is 9.97 Å². The Bertz CT molecular complexity index is 415. The van der Waals surface area contributed by atoms with Crippen LogP contribution in [0.4, 0.5) is 5.82 Å². The molecule has 6 nitrogen and oxygen atoms in total. The van der Waals surface area contributed by atoms with Gasteiger partial charge in [-0.05, 0) is 6.42 Å². The summed E-state index contributed by atoms with van der Waals surface area (Å²) in [5.41, 5.74) is 0. The summed E-state index contributed by atoms with van der Waals surface area (Å²) in [6, 6.07) is -0.580. The van der Waals surface area contributed by atoms with Gasteiger partial charge < -0.3 is 15.2 Å². The average molecular weight is 274 g/mol. The number of hydrogen-bond donors (Lipinski definition) is 2. The van der Waals surface area contributed by atoms with Crippen LogP contribution in [0, 0.1) is 0 Å². The van der Waals surface area contributed by atoms with Gasteiger partial charge in [-0.3, -0.25) is 0 Å². The Morgan fingerprint density at radius 3 is 2.94 bits per heavy atom. The van der Waals surface area contributed by atoms with Gasteiger partial charge in [0.05, 0.1) is 13.3 Å². The predicted octanol–water partition coefficient (Wildman–Crippen LogP) is 2.19. The van der Waals surface area contributed by atoms with E-state index in [0.717, 1.165) is 12.8 Å². The Balaban J connectivity index is 2.82. The molecule has 0 aliphatic carbocycles. The van der Waals surface area contributed by atoms with Crippen LogP contribution in [-0.4, -0.2) is 34.2 Å². The zero-order valence-electron chi connectivity index (χ0n) is 10.3. The minimum atomic E-state index is -0.933. The first-order chi connectivity index (χ1) is 8.58. The van der Waals surface area contributed by atoms with E-state index in [1.807, 2.05) is 6.92 Å². The van der Waals surface area contributed by atoms with Crippen molar-refractivity contribution in [1.29, 1.82) is 0 Å². The third kappa shape index (κ3) is 4.03. The first-order valence-electron chi connectivity index (χ1n) is 5.64. The molecule has 0 fully saturated rings. The summed E-state index contributed by atoms with van der Waals surface area (Å²) in [5.74, 6) is -0.663. The van der Waals surface area contributed by atoms with E-state index < -0.39 is 12.0 Å². The number of hydrogen-bond acceptors (Lipinski definition) is 5. The molecule has 0 aromatic carbocycles. The molecule has 0 spiro atoms. The molecule has 0 radical (unpaired) electrons. The molecular formula is C11H16ClN3O3. The zero-order valence-corrected chi connectivity index (χ0v) is 11.1. The van der Waals surface area contributed by atoms with Crippen molar-refractivity contribution >= 4 is 23.4 Å². The molecule has 18 heavy (non-hydrogen) atoms. The van der Waals surface area contributed by atoms with E-state index in [-0.39, 0.29) is 16.9 Å². The number of rotatable bonds is 7. The lowest BCUT2D eigenvalue weighted by Crippen LogP contribution is -2.29. The van der Waals surface area contributed by atoms with Crippen molar-refractivity contribution in [2.24, 2.45) is 0 Å². The summed E-state index contributed by atoms with van der Waals surface area (Å²) in [7, 11) is 1.43. The lowest BCUT2D eigenvalue weighted by Gasteiger charge is -2.15. The number of anilines is 1. The molecule has 0 saturated carbocycles. The van der Waals surface area contributed by atoms with Crippen LogP contribution >= 0.6 is 11.6 Å². The van der Waals surface area contributed by atoms with Gasteiger partial charge in [-0.25, -0.2) is 9.78 Å². The van der Waals surface area contributed by atoms with Crippen LogP contribution in [0.2, 0.25) is 5.02 Å². The van der Waals surface area contributed by atoms with Crippen molar-refractivity contribution in [3.63, 3.8) is 0 Å². The Hall–Kier alpha value is -1.56. The van der Waals surface area contributed by atoms with Gasteiger partial charge in [-0.1, -0.05) is 31.4 Å². The zero-order chi connectivity index (χ0) is 13.5. The molecule has 2 N–H and O–H groups in total. The van der Waals surface area contributed by atoms with Crippen molar-refractivity contribution in [2.45, 2.75) is 32.2 Å². The highest BCUT2D eigenvalue weighted by atomic mass is 35.5. The number of unbranched alkanes of at least 4 members (excludes halogenated alkanes) is 1. The second-order valence-electron chi connectivity index (χ2n) is 3.73. The van der Waals surface area contributed by atoms with E-state index in [0.29, 0.717) is 6.42 Å². The Morgan fingerprint density at radius 1 is 1.67 bits per heavy atom. The number of halogens is 1. The summed E-state index contributed by atoms with van der Waals surface area (Å²) in [5, 5.41) is 12.2. The van der Waals surface area contributed by atoms with E-state index in [1.165, 1.54) is 13.3 Å². The summed E-state index contributed by atoms with van der Waals surface area (Å²) in [6.45, 7) is 2.00. The van der Waals surface area contributed by atoms with E-state index >= 15 is 0 Å². The molecule has 7 heteroatoms. The predicted molar refractivity (Wildman–Crippen MR) is 68.2 cm³/mol. The van der Waals surface area contributed by atoms with Gasteiger partial charge in [0.2, 0.25) is 0 Å². The number of aliphatic carboxylic acids is 1. The van der Waals surface area contributed by atoms with Crippen molar-refractivity contribution in [3.8, 4) is 6.01 Å². The molecule has 0 aliphatic rings. The van der Waals surface area contributed by atoms with Gasteiger partial charge in [-0.15, -0.1) is 0 Å². The van der Waals surface area contributed by atoms with Crippen LogP contribution in [-0.2, 0) is 4.79 Å². The molecule has 100 valence electrons. The molecule has 0 aliphatic heterocycles. The summed E-state index contributed by atoms with van der Waals surface area (Å²) in [4.78, 5) is 18.9. The molecule has 0 bridgehead atoms. The number of methoxy groups -OCH3 is 1. The van der Waals surface area contributed by atoms with Crippen LogP contribution in [0.15, 0.2) is 6.20 Å². The fourth-order valence-electron chi connectivity index (χ4n) is 1.38. The molecule has 1 heterocycles. The smallest absolute Gasteiger partial charge is 0.326 e. The van der Waals surface area contributed by atoms with Gasteiger partial charge in [0.1, 0.15) is 11.1 Å². The monoisotopic (exact) mass is 273 g/mol. The fourth-order valence-corrected chi connectivity index (χ4v) is 1.53. The molecular weight excluding hydrogens is 258 g/mol. The third-order valence-corrected chi connectivity index (χ3v) is 2.64. The van der Waals surface area contributed by atoms with E-state index in [2.05, 4.69) is 15.3 Å².